The molecular formula is C16H18F2N2O3. The van der Waals surface area contributed by atoms with Crippen molar-refractivity contribution in [3.63, 3.8) is 0 Å². The third-order valence-corrected chi connectivity index (χ3v) is 4.45. The van der Waals surface area contributed by atoms with Crippen LogP contribution >= 0.6 is 0 Å². The summed E-state index contributed by atoms with van der Waals surface area (Å²) < 4.78 is 25.1. The van der Waals surface area contributed by atoms with Crippen molar-refractivity contribution in [1.29, 1.82) is 0 Å². The summed E-state index contributed by atoms with van der Waals surface area (Å²) >= 11 is 0. The second kappa shape index (κ2) is 6.14. The zero-order chi connectivity index (χ0) is 16.6. The van der Waals surface area contributed by atoms with Crippen molar-refractivity contribution in [3.05, 3.63) is 29.8 Å². The summed E-state index contributed by atoms with van der Waals surface area (Å²) in [6.45, 7) is 1.45. The lowest BCUT2D eigenvalue weighted by Crippen LogP contribution is -2.51. The molecule has 2 aliphatic rings. The Labute approximate surface area is 132 Å². The van der Waals surface area contributed by atoms with Crippen molar-refractivity contribution in [3.8, 4) is 5.75 Å². The van der Waals surface area contributed by atoms with Gasteiger partial charge < -0.3 is 14.9 Å². The molecule has 124 valence electrons. The van der Waals surface area contributed by atoms with E-state index in [0.717, 1.165) is 0 Å². The van der Waals surface area contributed by atoms with Gasteiger partial charge in [0.15, 0.2) is 0 Å². The van der Waals surface area contributed by atoms with E-state index in [9.17, 15) is 23.5 Å². The Balaban J connectivity index is 1.54. The van der Waals surface area contributed by atoms with Crippen LogP contribution < -0.4 is 0 Å². The average molecular weight is 324 g/mol. The third-order valence-electron chi connectivity index (χ3n) is 4.45. The number of hydrogen-bond acceptors (Lipinski definition) is 3. The summed E-state index contributed by atoms with van der Waals surface area (Å²) in [5.74, 6) is -1.75. The number of benzene rings is 1. The monoisotopic (exact) mass is 324 g/mol. The summed E-state index contributed by atoms with van der Waals surface area (Å²) in [7, 11) is 0. The first-order chi connectivity index (χ1) is 11.0. The van der Waals surface area contributed by atoms with E-state index in [1.54, 1.807) is 21.9 Å². The number of rotatable bonds is 3. The van der Waals surface area contributed by atoms with Gasteiger partial charge in [0.05, 0.1) is 0 Å². The van der Waals surface area contributed by atoms with Gasteiger partial charge in [-0.1, -0.05) is 6.07 Å². The van der Waals surface area contributed by atoms with Gasteiger partial charge in [-0.25, -0.2) is 8.78 Å². The molecule has 1 N–H and O–H groups in total. The molecule has 1 aliphatic carbocycles. The molecule has 1 saturated heterocycles. The zero-order valence-electron chi connectivity index (χ0n) is 12.5. The van der Waals surface area contributed by atoms with Crippen molar-refractivity contribution in [2.24, 2.45) is 11.8 Å². The minimum atomic E-state index is -2.43. The first-order valence-electron chi connectivity index (χ1n) is 7.62. The van der Waals surface area contributed by atoms with Crippen LogP contribution in [-0.2, 0) is 4.79 Å². The Morgan fingerprint density at radius 1 is 1.13 bits per heavy atom. The van der Waals surface area contributed by atoms with Gasteiger partial charge in [-0.3, -0.25) is 9.59 Å². The summed E-state index contributed by atoms with van der Waals surface area (Å²) in [6, 6.07) is 6.11. The van der Waals surface area contributed by atoms with E-state index in [2.05, 4.69) is 0 Å². The number of phenolic OH excluding ortho intramolecular Hbond substituents is 1. The SMILES string of the molecule is O=C(c1cccc(O)c1)N1CCN(C(=O)[C@H]2C[C@@H]2C(F)F)CC1. The topological polar surface area (TPSA) is 60.9 Å². The van der Waals surface area contributed by atoms with Gasteiger partial charge in [0.25, 0.3) is 5.91 Å². The number of halogens is 2. The fourth-order valence-electron chi connectivity index (χ4n) is 2.96. The van der Waals surface area contributed by atoms with Gasteiger partial charge in [0.1, 0.15) is 5.75 Å². The molecule has 1 aromatic carbocycles. The molecule has 0 bridgehead atoms. The molecule has 1 aromatic rings. The standard InChI is InChI=1S/C16H18F2N2O3/c17-14(18)12-9-13(12)16(23)20-6-4-19(5-7-20)15(22)10-2-1-3-11(21)8-10/h1-3,8,12-14,21H,4-7,9H2/t12-,13-/m0/s1. The number of piperazine rings is 1. The Morgan fingerprint density at radius 2 is 1.78 bits per heavy atom. The van der Waals surface area contributed by atoms with Crippen LogP contribution in [0.25, 0.3) is 0 Å². The quantitative estimate of drug-likeness (QED) is 0.918. The lowest BCUT2D eigenvalue weighted by molar-refractivity contribution is -0.134. The van der Waals surface area contributed by atoms with Gasteiger partial charge in [-0.05, 0) is 24.6 Å². The second-order valence-corrected chi connectivity index (χ2v) is 6.01. The average Bonchev–Trinajstić information content (AvgIpc) is 3.34. The summed E-state index contributed by atoms with van der Waals surface area (Å²) in [6.07, 6.45) is -2.17. The first kappa shape index (κ1) is 15.7. The second-order valence-electron chi connectivity index (χ2n) is 6.01. The molecule has 0 aromatic heterocycles. The molecule has 23 heavy (non-hydrogen) atoms. The van der Waals surface area contributed by atoms with Crippen molar-refractivity contribution in [2.75, 3.05) is 26.2 Å². The maximum absolute atomic E-state index is 12.5. The number of alkyl halides is 2. The summed E-state index contributed by atoms with van der Waals surface area (Å²) in [4.78, 5) is 27.6. The number of nitrogens with zero attached hydrogens (tertiary/aromatic N) is 2. The Kier molecular flexibility index (Phi) is 4.19. The number of aromatic hydroxyl groups is 1. The van der Waals surface area contributed by atoms with E-state index in [0.29, 0.717) is 31.7 Å². The van der Waals surface area contributed by atoms with E-state index in [1.165, 1.54) is 12.1 Å². The van der Waals surface area contributed by atoms with Gasteiger partial charge in [-0.2, -0.15) is 0 Å². The van der Waals surface area contributed by atoms with Gasteiger partial charge in [0.2, 0.25) is 12.3 Å². The van der Waals surface area contributed by atoms with Gasteiger partial charge in [0, 0.05) is 43.6 Å². The number of phenols is 1. The summed E-state index contributed by atoms with van der Waals surface area (Å²) in [5, 5.41) is 9.43. The summed E-state index contributed by atoms with van der Waals surface area (Å²) in [5.41, 5.74) is 0.393. The van der Waals surface area contributed by atoms with Crippen molar-refractivity contribution in [2.45, 2.75) is 12.8 Å². The highest BCUT2D eigenvalue weighted by molar-refractivity contribution is 5.94. The van der Waals surface area contributed by atoms with E-state index < -0.39 is 18.3 Å². The zero-order valence-corrected chi connectivity index (χ0v) is 12.5. The van der Waals surface area contributed by atoms with E-state index in [1.807, 2.05) is 0 Å². The van der Waals surface area contributed by atoms with Crippen LogP contribution in [0, 0.1) is 11.8 Å². The van der Waals surface area contributed by atoms with Gasteiger partial charge >= 0.3 is 0 Å². The van der Waals surface area contributed by atoms with Crippen LogP contribution in [0.5, 0.6) is 5.75 Å². The largest absolute Gasteiger partial charge is 0.508 e. The molecule has 2 atom stereocenters. The smallest absolute Gasteiger partial charge is 0.254 e. The normalized spacial score (nSPS) is 24.0. The molecule has 0 spiro atoms. The van der Waals surface area contributed by atoms with Crippen LogP contribution in [-0.4, -0.2) is 59.3 Å². The van der Waals surface area contributed by atoms with Crippen LogP contribution in [0.1, 0.15) is 16.8 Å². The molecular weight excluding hydrogens is 306 g/mol. The highest BCUT2D eigenvalue weighted by Crippen LogP contribution is 2.44. The van der Waals surface area contributed by atoms with E-state index >= 15 is 0 Å². The Morgan fingerprint density at radius 3 is 2.35 bits per heavy atom. The van der Waals surface area contributed by atoms with E-state index in [-0.39, 0.29) is 24.0 Å². The van der Waals surface area contributed by atoms with Crippen molar-refractivity contribution < 1.29 is 23.5 Å². The maximum Gasteiger partial charge on any atom is 0.254 e. The highest BCUT2D eigenvalue weighted by atomic mass is 19.3. The maximum atomic E-state index is 12.5. The fraction of sp³-hybridized carbons (Fsp3) is 0.500. The predicted molar refractivity (Wildman–Crippen MR) is 78.2 cm³/mol. The number of carbonyl (C=O) groups is 2. The lowest BCUT2D eigenvalue weighted by Gasteiger charge is -2.35. The molecule has 5 nitrogen and oxygen atoms in total. The molecule has 2 fully saturated rings. The third kappa shape index (κ3) is 3.28. The molecule has 1 heterocycles. The fourth-order valence-corrected chi connectivity index (χ4v) is 2.96. The van der Waals surface area contributed by atoms with Crippen LogP contribution in [0.3, 0.4) is 0 Å². The highest BCUT2D eigenvalue weighted by Gasteiger charge is 2.50. The molecule has 0 unspecified atom stereocenters. The molecule has 7 heteroatoms. The van der Waals surface area contributed by atoms with Crippen molar-refractivity contribution >= 4 is 11.8 Å². The van der Waals surface area contributed by atoms with Crippen LogP contribution in [0.2, 0.25) is 0 Å². The molecule has 3 rings (SSSR count). The predicted octanol–water partition coefficient (Wildman–Crippen LogP) is 1.58. The van der Waals surface area contributed by atoms with Crippen LogP contribution in [0.4, 0.5) is 8.78 Å². The first-order valence-corrected chi connectivity index (χ1v) is 7.62. The van der Waals surface area contributed by atoms with Crippen molar-refractivity contribution in [1.82, 2.24) is 9.80 Å². The number of carbonyl (C=O) groups excluding carboxylic acids is 2. The minimum absolute atomic E-state index is 0.0245. The number of amides is 2. The Hall–Kier alpha value is -2.18. The Bertz CT molecular complexity index is 615. The lowest BCUT2D eigenvalue weighted by atomic mass is 10.1. The van der Waals surface area contributed by atoms with Crippen LogP contribution in [0.15, 0.2) is 24.3 Å². The number of hydrogen-bond donors (Lipinski definition) is 1. The molecule has 1 saturated carbocycles. The minimum Gasteiger partial charge on any atom is -0.508 e. The molecule has 2 amide bonds. The van der Waals surface area contributed by atoms with Gasteiger partial charge in [-0.15, -0.1) is 0 Å². The van der Waals surface area contributed by atoms with E-state index in [4.69, 9.17) is 0 Å². The molecule has 1 aliphatic heterocycles. The molecule has 0 radical (unpaired) electrons.